The third-order valence-electron chi connectivity index (χ3n) is 2.99. The maximum atomic E-state index is 12.0. The van der Waals surface area contributed by atoms with Crippen molar-refractivity contribution in [2.45, 2.75) is 5.75 Å². The molecule has 0 aliphatic rings. The van der Waals surface area contributed by atoms with E-state index in [9.17, 15) is 9.00 Å². The van der Waals surface area contributed by atoms with Crippen LogP contribution >= 0.6 is 0 Å². The van der Waals surface area contributed by atoms with Gasteiger partial charge in [-0.25, -0.2) is 0 Å². The van der Waals surface area contributed by atoms with Gasteiger partial charge in [0.15, 0.2) is 0 Å². The zero-order chi connectivity index (χ0) is 14.4. The van der Waals surface area contributed by atoms with Gasteiger partial charge < -0.3 is 5.32 Å². The molecule has 0 fully saturated rings. The second-order valence-electron chi connectivity index (χ2n) is 4.42. The minimum atomic E-state index is -1.20. The molecule has 0 heterocycles. The fourth-order valence-electron chi connectivity index (χ4n) is 1.99. The lowest BCUT2D eigenvalue weighted by Gasteiger charge is -2.09. The molecule has 0 aliphatic heterocycles. The maximum Gasteiger partial charge on any atom is 0.232 e. The van der Waals surface area contributed by atoms with Crippen LogP contribution in [0, 0.1) is 0 Å². The molecule has 1 N–H and O–H groups in total. The van der Waals surface area contributed by atoms with Crippen LogP contribution in [0.1, 0.15) is 5.56 Å². The molecule has 0 saturated carbocycles. The van der Waals surface area contributed by atoms with Crippen molar-refractivity contribution in [3.05, 3.63) is 60.2 Å². The van der Waals surface area contributed by atoms with Crippen LogP contribution in [0.15, 0.2) is 54.6 Å². The fraction of sp³-hybridized carbons (Fsp3) is 0.188. The lowest BCUT2D eigenvalue weighted by atomic mass is 10.0. The van der Waals surface area contributed by atoms with Crippen LogP contribution in [0.5, 0.6) is 0 Å². The standard InChI is InChI=1S/C16H17NO2S/c1-17-16(18)12-20(19)11-14-9-5-6-10-15(14)13-7-3-2-4-8-13/h2-10H,11-12H2,1H3,(H,17,18)/t20-/m0/s1. The summed E-state index contributed by atoms with van der Waals surface area (Å²) in [6.45, 7) is 0. The van der Waals surface area contributed by atoms with Gasteiger partial charge in [-0.3, -0.25) is 9.00 Å². The summed E-state index contributed by atoms with van der Waals surface area (Å²) in [7, 11) is 0.356. The van der Waals surface area contributed by atoms with Crippen LogP contribution in [0.4, 0.5) is 0 Å². The second-order valence-corrected chi connectivity index (χ2v) is 5.88. The van der Waals surface area contributed by atoms with Gasteiger partial charge in [-0.15, -0.1) is 0 Å². The van der Waals surface area contributed by atoms with Crippen molar-refractivity contribution in [1.29, 1.82) is 0 Å². The summed E-state index contributed by atoms with van der Waals surface area (Å²) in [6.07, 6.45) is 0. The van der Waals surface area contributed by atoms with E-state index in [0.717, 1.165) is 16.7 Å². The van der Waals surface area contributed by atoms with E-state index < -0.39 is 10.8 Å². The molecule has 0 aliphatic carbocycles. The Morgan fingerprint density at radius 1 is 1.05 bits per heavy atom. The molecule has 0 unspecified atom stereocenters. The average molecular weight is 287 g/mol. The summed E-state index contributed by atoms with van der Waals surface area (Å²) in [4.78, 5) is 11.3. The third kappa shape index (κ3) is 3.78. The third-order valence-corrected chi connectivity index (χ3v) is 4.21. The van der Waals surface area contributed by atoms with Crippen molar-refractivity contribution in [1.82, 2.24) is 5.32 Å². The van der Waals surface area contributed by atoms with Gasteiger partial charge in [-0.05, 0) is 16.7 Å². The highest BCUT2D eigenvalue weighted by Crippen LogP contribution is 2.24. The minimum Gasteiger partial charge on any atom is -0.358 e. The quantitative estimate of drug-likeness (QED) is 0.917. The molecule has 1 atom stereocenters. The first-order chi connectivity index (χ1) is 9.70. The molecule has 1 amide bonds. The van der Waals surface area contributed by atoms with E-state index in [1.807, 2.05) is 54.6 Å². The number of nitrogens with one attached hydrogen (secondary N) is 1. The van der Waals surface area contributed by atoms with Gasteiger partial charge in [0.25, 0.3) is 0 Å². The van der Waals surface area contributed by atoms with Gasteiger partial charge in [-0.2, -0.15) is 0 Å². The van der Waals surface area contributed by atoms with Gasteiger partial charge >= 0.3 is 0 Å². The molecule has 0 bridgehead atoms. The Bertz CT molecular complexity index is 611. The Kier molecular flexibility index (Phi) is 5.07. The summed E-state index contributed by atoms with van der Waals surface area (Å²) < 4.78 is 12.0. The molecular formula is C16H17NO2S. The van der Waals surface area contributed by atoms with Gasteiger partial charge in [0, 0.05) is 23.6 Å². The highest BCUT2D eigenvalue weighted by Gasteiger charge is 2.10. The van der Waals surface area contributed by atoms with Crippen LogP contribution in [-0.4, -0.2) is 22.9 Å². The first kappa shape index (κ1) is 14.5. The molecule has 2 aromatic rings. The van der Waals surface area contributed by atoms with Crippen LogP contribution in [-0.2, 0) is 21.3 Å². The molecule has 20 heavy (non-hydrogen) atoms. The normalized spacial score (nSPS) is 11.8. The van der Waals surface area contributed by atoms with E-state index in [0.29, 0.717) is 5.75 Å². The monoisotopic (exact) mass is 287 g/mol. The summed E-state index contributed by atoms with van der Waals surface area (Å²) in [5, 5.41) is 2.50. The van der Waals surface area contributed by atoms with Crippen LogP contribution in [0.3, 0.4) is 0 Å². The Hall–Kier alpha value is -1.94. The Balaban J connectivity index is 2.21. The Morgan fingerprint density at radius 3 is 2.40 bits per heavy atom. The van der Waals surface area contributed by atoms with Gasteiger partial charge in [0.05, 0.1) is 0 Å². The van der Waals surface area contributed by atoms with Crippen LogP contribution in [0.25, 0.3) is 11.1 Å². The summed E-state index contributed by atoms with van der Waals surface area (Å²) in [5.74, 6) is 0.235. The molecule has 3 nitrogen and oxygen atoms in total. The van der Waals surface area contributed by atoms with Crippen molar-refractivity contribution >= 4 is 16.7 Å². The number of rotatable bonds is 5. The fourth-order valence-corrected chi connectivity index (χ4v) is 3.13. The molecule has 2 rings (SSSR count). The zero-order valence-electron chi connectivity index (χ0n) is 11.3. The Morgan fingerprint density at radius 2 is 1.70 bits per heavy atom. The first-order valence-electron chi connectivity index (χ1n) is 6.39. The van der Waals surface area contributed by atoms with Crippen molar-refractivity contribution in [3.63, 3.8) is 0 Å². The molecule has 0 spiro atoms. The average Bonchev–Trinajstić information content (AvgIpc) is 2.48. The smallest absolute Gasteiger partial charge is 0.232 e. The predicted octanol–water partition coefficient (Wildman–Crippen LogP) is 2.35. The summed E-state index contributed by atoms with van der Waals surface area (Å²) in [5.41, 5.74) is 3.17. The number of amides is 1. The molecule has 2 aromatic carbocycles. The van der Waals surface area contributed by atoms with E-state index in [2.05, 4.69) is 5.32 Å². The van der Waals surface area contributed by atoms with E-state index in [-0.39, 0.29) is 11.7 Å². The van der Waals surface area contributed by atoms with Crippen molar-refractivity contribution in [3.8, 4) is 11.1 Å². The van der Waals surface area contributed by atoms with E-state index in [1.54, 1.807) is 7.05 Å². The van der Waals surface area contributed by atoms with Gasteiger partial charge in [0.2, 0.25) is 5.91 Å². The zero-order valence-corrected chi connectivity index (χ0v) is 12.2. The number of hydrogen-bond donors (Lipinski definition) is 1. The second kappa shape index (κ2) is 7.01. The SMILES string of the molecule is CNC(=O)C[S@@](=O)Cc1ccccc1-c1ccccc1. The number of carbonyl (C=O) groups excluding carboxylic acids is 1. The highest BCUT2D eigenvalue weighted by atomic mass is 32.2. The predicted molar refractivity (Wildman–Crippen MR) is 82.7 cm³/mol. The molecule has 0 aromatic heterocycles. The van der Waals surface area contributed by atoms with E-state index in [1.165, 1.54) is 0 Å². The minimum absolute atomic E-state index is 0.0413. The van der Waals surface area contributed by atoms with Crippen LogP contribution < -0.4 is 5.32 Å². The van der Waals surface area contributed by atoms with E-state index >= 15 is 0 Å². The summed E-state index contributed by atoms with van der Waals surface area (Å²) in [6, 6.07) is 17.9. The number of carbonyl (C=O) groups is 1. The van der Waals surface area contributed by atoms with Crippen molar-refractivity contribution in [2.24, 2.45) is 0 Å². The number of hydrogen-bond acceptors (Lipinski definition) is 2. The van der Waals surface area contributed by atoms with Crippen molar-refractivity contribution < 1.29 is 9.00 Å². The first-order valence-corrected chi connectivity index (χ1v) is 7.88. The molecule has 104 valence electrons. The van der Waals surface area contributed by atoms with Crippen LogP contribution in [0.2, 0.25) is 0 Å². The topological polar surface area (TPSA) is 46.2 Å². The summed E-state index contributed by atoms with van der Waals surface area (Å²) >= 11 is 0. The largest absolute Gasteiger partial charge is 0.358 e. The molecular weight excluding hydrogens is 270 g/mol. The Labute approximate surface area is 121 Å². The highest BCUT2D eigenvalue weighted by molar-refractivity contribution is 7.84. The molecule has 0 radical (unpaired) electrons. The molecule has 4 heteroatoms. The lowest BCUT2D eigenvalue weighted by molar-refractivity contribution is -0.118. The number of benzene rings is 2. The maximum absolute atomic E-state index is 12.0. The van der Waals surface area contributed by atoms with Gasteiger partial charge in [-0.1, -0.05) is 54.6 Å². The lowest BCUT2D eigenvalue weighted by Crippen LogP contribution is -2.24. The van der Waals surface area contributed by atoms with E-state index in [4.69, 9.17) is 0 Å². The molecule has 0 saturated heterocycles. The van der Waals surface area contributed by atoms with Gasteiger partial charge in [0.1, 0.15) is 5.75 Å². The van der Waals surface area contributed by atoms with Crippen molar-refractivity contribution in [2.75, 3.05) is 12.8 Å².